The van der Waals surface area contributed by atoms with E-state index in [0.29, 0.717) is 17.4 Å². The van der Waals surface area contributed by atoms with Crippen LogP contribution in [0.4, 0.5) is 0 Å². The summed E-state index contributed by atoms with van der Waals surface area (Å²) in [5, 5.41) is 0. The summed E-state index contributed by atoms with van der Waals surface area (Å²) in [5.41, 5.74) is 3.55. The molecule has 0 saturated heterocycles. The molecule has 0 heterocycles. The van der Waals surface area contributed by atoms with Gasteiger partial charge in [-0.25, -0.2) is 0 Å². The molecular formula is C27H40O4. The fraction of sp³-hybridized carbons (Fsp3) is 0.704. The summed E-state index contributed by atoms with van der Waals surface area (Å²) in [6, 6.07) is 2.23. The van der Waals surface area contributed by atoms with E-state index < -0.39 is 0 Å². The van der Waals surface area contributed by atoms with Crippen LogP contribution in [-0.4, -0.2) is 11.9 Å². The minimum absolute atomic E-state index is 0.0540. The highest BCUT2D eigenvalue weighted by Gasteiger charge is 2.53. The van der Waals surface area contributed by atoms with Crippen LogP contribution < -0.4 is 9.47 Å². The summed E-state index contributed by atoms with van der Waals surface area (Å²) in [4.78, 5) is 25.0. The third-order valence-corrected chi connectivity index (χ3v) is 7.86. The maximum Gasteiger partial charge on any atom is 0.311 e. The van der Waals surface area contributed by atoms with Gasteiger partial charge in [0.25, 0.3) is 0 Å². The number of fused-ring (bicyclic) bond motifs is 3. The van der Waals surface area contributed by atoms with E-state index in [-0.39, 0.29) is 41.5 Å². The number of carbonyl (C=O) groups excluding carboxylic acids is 2. The molecule has 1 fully saturated rings. The van der Waals surface area contributed by atoms with Crippen LogP contribution in [0.5, 0.6) is 11.5 Å². The van der Waals surface area contributed by atoms with Crippen LogP contribution in [0.15, 0.2) is 6.07 Å². The monoisotopic (exact) mass is 428 g/mol. The van der Waals surface area contributed by atoms with Crippen molar-refractivity contribution in [1.29, 1.82) is 0 Å². The molecule has 1 saturated carbocycles. The number of ether oxygens (including phenoxy) is 2. The molecule has 0 radical (unpaired) electrons. The molecule has 0 aromatic heterocycles. The van der Waals surface area contributed by atoms with Gasteiger partial charge in [0.2, 0.25) is 0 Å². The van der Waals surface area contributed by atoms with Crippen LogP contribution >= 0.6 is 0 Å². The quantitative estimate of drug-likeness (QED) is 0.367. The van der Waals surface area contributed by atoms with Crippen LogP contribution in [-0.2, 0) is 21.4 Å². The number of carbonyl (C=O) groups is 2. The second-order valence-electron chi connectivity index (χ2n) is 10.4. The van der Waals surface area contributed by atoms with E-state index in [2.05, 4.69) is 40.7 Å². The van der Waals surface area contributed by atoms with Crippen molar-refractivity contribution in [2.75, 3.05) is 0 Å². The Kier molecular flexibility index (Phi) is 6.88. The van der Waals surface area contributed by atoms with E-state index >= 15 is 0 Å². The van der Waals surface area contributed by atoms with Crippen LogP contribution in [0, 0.1) is 11.3 Å². The standard InChI is InChI=1S/C27H40O4/c1-8-21(28)30-24-19(17(4)5)16-18-12-13-20-26(6,7)14-11-15-27(20,10-3)23(18)25(24)31-22(29)9-2/h16-17,20H,8-15H2,1-7H3/t20-,27-/m0/s1. The minimum Gasteiger partial charge on any atom is -0.422 e. The first-order valence-corrected chi connectivity index (χ1v) is 12.2. The Hall–Kier alpha value is -1.84. The SMILES string of the molecule is CCC(=O)Oc1c(C(C)C)cc2c(c1OC(=O)CC)[C@@]1(CC)CCCC(C)(C)[C@@H]1CC2. The van der Waals surface area contributed by atoms with Gasteiger partial charge >= 0.3 is 11.9 Å². The van der Waals surface area contributed by atoms with Gasteiger partial charge in [-0.2, -0.15) is 0 Å². The summed E-state index contributed by atoms with van der Waals surface area (Å²) >= 11 is 0. The zero-order valence-corrected chi connectivity index (χ0v) is 20.5. The molecule has 0 aliphatic heterocycles. The Morgan fingerprint density at radius 3 is 2.19 bits per heavy atom. The minimum atomic E-state index is -0.294. The van der Waals surface area contributed by atoms with E-state index in [1.165, 1.54) is 12.0 Å². The topological polar surface area (TPSA) is 52.6 Å². The van der Waals surface area contributed by atoms with Gasteiger partial charge in [0.1, 0.15) is 0 Å². The number of hydrogen-bond acceptors (Lipinski definition) is 4. The van der Waals surface area contributed by atoms with Crippen molar-refractivity contribution in [3.8, 4) is 11.5 Å². The van der Waals surface area contributed by atoms with E-state index in [9.17, 15) is 9.59 Å². The number of aryl methyl sites for hydroxylation is 1. The average molecular weight is 429 g/mol. The lowest BCUT2D eigenvalue weighted by molar-refractivity contribution is -0.137. The maximum absolute atomic E-state index is 12.6. The number of hydrogen-bond donors (Lipinski definition) is 0. The highest BCUT2D eigenvalue weighted by atomic mass is 16.6. The smallest absolute Gasteiger partial charge is 0.311 e. The Morgan fingerprint density at radius 2 is 1.65 bits per heavy atom. The fourth-order valence-corrected chi connectivity index (χ4v) is 6.28. The molecular weight excluding hydrogens is 388 g/mol. The number of benzene rings is 1. The Morgan fingerprint density at radius 1 is 1.03 bits per heavy atom. The predicted octanol–water partition coefficient (Wildman–Crippen LogP) is 6.86. The first kappa shape index (κ1) is 23.8. The van der Waals surface area contributed by atoms with Gasteiger partial charge in [-0.3, -0.25) is 9.59 Å². The molecule has 172 valence electrons. The van der Waals surface area contributed by atoms with E-state index in [0.717, 1.165) is 43.2 Å². The first-order chi connectivity index (χ1) is 14.6. The van der Waals surface area contributed by atoms with Gasteiger partial charge in [-0.05, 0) is 54.9 Å². The molecule has 2 atom stereocenters. The van der Waals surface area contributed by atoms with Crippen LogP contribution in [0.1, 0.15) is 116 Å². The molecule has 4 nitrogen and oxygen atoms in total. The van der Waals surface area contributed by atoms with Gasteiger partial charge < -0.3 is 9.47 Å². The molecule has 0 unspecified atom stereocenters. The summed E-state index contributed by atoms with van der Waals surface area (Å²) in [5.74, 6) is 1.10. The highest BCUT2D eigenvalue weighted by Crippen LogP contribution is 2.62. The average Bonchev–Trinajstić information content (AvgIpc) is 2.73. The van der Waals surface area contributed by atoms with Crippen molar-refractivity contribution in [1.82, 2.24) is 0 Å². The van der Waals surface area contributed by atoms with Gasteiger partial charge in [0.15, 0.2) is 11.5 Å². The Balaban J connectivity index is 2.34. The van der Waals surface area contributed by atoms with Crippen LogP contribution in [0.3, 0.4) is 0 Å². The largest absolute Gasteiger partial charge is 0.422 e. The maximum atomic E-state index is 12.6. The molecule has 0 N–H and O–H groups in total. The molecule has 2 aliphatic carbocycles. The summed E-state index contributed by atoms with van der Waals surface area (Å²) in [6.45, 7) is 14.8. The van der Waals surface area contributed by atoms with Crippen LogP contribution in [0.25, 0.3) is 0 Å². The van der Waals surface area contributed by atoms with Gasteiger partial charge in [-0.1, -0.05) is 61.0 Å². The zero-order chi connectivity index (χ0) is 23.0. The van der Waals surface area contributed by atoms with E-state index in [1.54, 1.807) is 13.8 Å². The molecule has 4 heteroatoms. The molecule has 0 bridgehead atoms. The molecule has 0 amide bonds. The Labute approximate surface area is 188 Å². The van der Waals surface area contributed by atoms with Crippen LogP contribution in [0.2, 0.25) is 0 Å². The van der Waals surface area contributed by atoms with Crippen molar-refractivity contribution in [3.05, 3.63) is 22.8 Å². The molecule has 2 aliphatic rings. The molecule has 1 aromatic rings. The number of rotatable bonds is 6. The van der Waals surface area contributed by atoms with Crippen molar-refractivity contribution in [2.45, 2.75) is 111 Å². The molecule has 1 aromatic carbocycles. The summed E-state index contributed by atoms with van der Waals surface area (Å²) in [7, 11) is 0. The second-order valence-corrected chi connectivity index (χ2v) is 10.4. The lowest BCUT2D eigenvalue weighted by atomic mass is 9.48. The first-order valence-electron chi connectivity index (χ1n) is 12.2. The van der Waals surface area contributed by atoms with Crippen molar-refractivity contribution in [2.24, 2.45) is 11.3 Å². The lowest BCUT2D eigenvalue weighted by Crippen LogP contribution is -2.49. The molecule has 3 rings (SSSR count). The third-order valence-electron chi connectivity index (χ3n) is 7.86. The van der Waals surface area contributed by atoms with Gasteiger partial charge in [0, 0.05) is 29.4 Å². The van der Waals surface area contributed by atoms with Crippen molar-refractivity contribution >= 4 is 11.9 Å². The predicted molar refractivity (Wildman–Crippen MR) is 124 cm³/mol. The van der Waals surface area contributed by atoms with E-state index in [1.807, 2.05) is 0 Å². The lowest BCUT2D eigenvalue weighted by Gasteiger charge is -2.56. The summed E-state index contributed by atoms with van der Waals surface area (Å²) in [6.07, 6.45) is 7.16. The van der Waals surface area contributed by atoms with Crippen molar-refractivity contribution < 1.29 is 19.1 Å². The Bertz CT molecular complexity index is 851. The fourth-order valence-electron chi connectivity index (χ4n) is 6.28. The van der Waals surface area contributed by atoms with Gasteiger partial charge in [-0.15, -0.1) is 0 Å². The third kappa shape index (κ3) is 4.15. The number of esters is 2. The molecule has 31 heavy (non-hydrogen) atoms. The molecule has 0 spiro atoms. The summed E-state index contributed by atoms with van der Waals surface area (Å²) < 4.78 is 12.0. The van der Waals surface area contributed by atoms with E-state index in [4.69, 9.17) is 9.47 Å². The normalized spacial score (nSPS) is 24.3. The van der Waals surface area contributed by atoms with Crippen molar-refractivity contribution in [3.63, 3.8) is 0 Å². The zero-order valence-electron chi connectivity index (χ0n) is 20.5. The van der Waals surface area contributed by atoms with Gasteiger partial charge in [0.05, 0.1) is 0 Å². The highest BCUT2D eigenvalue weighted by molar-refractivity contribution is 5.78. The second kappa shape index (κ2) is 8.96.